The summed E-state index contributed by atoms with van der Waals surface area (Å²) < 4.78 is 27.9. The van der Waals surface area contributed by atoms with Gasteiger partial charge in [-0.3, -0.25) is 4.68 Å². The number of sulfonamides is 1. The van der Waals surface area contributed by atoms with Gasteiger partial charge in [0.25, 0.3) is 0 Å². The summed E-state index contributed by atoms with van der Waals surface area (Å²) in [5.41, 5.74) is 5.56. The molecule has 1 aromatic rings. The molecule has 1 fully saturated rings. The van der Waals surface area contributed by atoms with Gasteiger partial charge in [-0.05, 0) is 18.8 Å². The molecule has 1 unspecified atom stereocenters. The van der Waals surface area contributed by atoms with E-state index in [0.717, 1.165) is 12.8 Å². The number of aromatic nitrogens is 2. The molecule has 0 spiro atoms. The third-order valence-corrected chi connectivity index (χ3v) is 4.19. The van der Waals surface area contributed by atoms with Crippen LogP contribution in [0, 0.1) is 5.92 Å². The maximum atomic E-state index is 11.9. The first kappa shape index (κ1) is 14.4. The van der Waals surface area contributed by atoms with Crippen molar-refractivity contribution in [1.29, 1.82) is 0 Å². The Labute approximate surface area is 107 Å². The van der Waals surface area contributed by atoms with Crippen molar-refractivity contribution in [1.82, 2.24) is 14.5 Å². The van der Waals surface area contributed by atoms with E-state index < -0.39 is 10.0 Å². The summed E-state index contributed by atoms with van der Waals surface area (Å²) in [6, 6.07) is -0.148. The molecule has 8 heteroatoms. The Morgan fingerprint density at radius 3 is 2.71 bits per heavy atom. The Hall–Kier alpha value is -0.630. The zero-order valence-electron chi connectivity index (χ0n) is 9.54. The zero-order chi connectivity index (χ0) is 11.8. The van der Waals surface area contributed by atoms with Gasteiger partial charge in [0.1, 0.15) is 4.90 Å². The minimum absolute atomic E-state index is 0. The van der Waals surface area contributed by atoms with Gasteiger partial charge in [0.05, 0.1) is 6.20 Å². The molecule has 0 amide bonds. The molecule has 0 radical (unpaired) electrons. The quantitative estimate of drug-likeness (QED) is 0.785. The Bertz CT molecular complexity index is 469. The van der Waals surface area contributed by atoms with Gasteiger partial charge in [0.15, 0.2) is 0 Å². The van der Waals surface area contributed by atoms with Crippen molar-refractivity contribution in [3.05, 3.63) is 12.4 Å². The lowest BCUT2D eigenvalue weighted by Gasteiger charge is -2.15. The second-order valence-electron chi connectivity index (χ2n) is 4.15. The maximum Gasteiger partial charge on any atom is 0.243 e. The SMILES string of the molecule is Cl.Cn1cc(S(=O)(=O)NC(CN)C2CC2)cn1. The number of aryl methyl sites for hydroxylation is 1. The van der Waals surface area contributed by atoms with Crippen molar-refractivity contribution in [2.75, 3.05) is 6.54 Å². The average Bonchev–Trinajstić information content (AvgIpc) is 2.97. The van der Waals surface area contributed by atoms with E-state index in [9.17, 15) is 8.42 Å². The van der Waals surface area contributed by atoms with Gasteiger partial charge in [-0.2, -0.15) is 5.10 Å². The summed E-state index contributed by atoms with van der Waals surface area (Å²) in [6.07, 6.45) is 4.92. The molecular formula is C9H17ClN4O2S. The van der Waals surface area contributed by atoms with E-state index in [1.54, 1.807) is 7.05 Å². The molecule has 1 aliphatic carbocycles. The normalized spacial score (nSPS) is 17.5. The third kappa shape index (κ3) is 3.41. The molecule has 0 aliphatic heterocycles. The number of hydrogen-bond donors (Lipinski definition) is 2. The van der Waals surface area contributed by atoms with Gasteiger partial charge >= 0.3 is 0 Å². The van der Waals surface area contributed by atoms with Gasteiger partial charge in [-0.1, -0.05) is 0 Å². The minimum atomic E-state index is -3.47. The summed E-state index contributed by atoms with van der Waals surface area (Å²) >= 11 is 0. The monoisotopic (exact) mass is 280 g/mol. The molecule has 1 saturated carbocycles. The molecule has 17 heavy (non-hydrogen) atoms. The van der Waals surface area contributed by atoms with Crippen LogP contribution in [0.2, 0.25) is 0 Å². The molecule has 1 heterocycles. The van der Waals surface area contributed by atoms with Crippen LogP contribution in [0.1, 0.15) is 12.8 Å². The lowest BCUT2D eigenvalue weighted by molar-refractivity contribution is 0.519. The van der Waals surface area contributed by atoms with Crippen molar-refractivity contribution in [2.24, 2.45) is 18.7 Å². The Kier molecular flexibility index (Phi) is 4.54. The van der Waals surface area contributed by atoms with E-state index in [0.29, 0.717) is 12.5 Å². The van der Waals surface area contributed by atoms with Gasteiger partial charge < -0.3 is 5.73 Å². The van der Waals surface area contributed by atoms with Crippen LogP contribution in [-0.2, 0) is 17.1 Å². The molecule has 1 aromatic heterocycles. The number of nitrogens with zero attached hydrogens (tertiary/aromatic N) is 2. The first-order chi connectivity index (χ1) is 7.53. The van der Waals surface area contributed by atoms with E-state index in [2.05, 4.69) is 9.82 Å². The summed E-state index contributed by atoms with van der Waals surface area (Å²) in [6.45, 7) is 0.337. The van der Waals surface area contributed by atoms with E-state index in [1.807, 2.05) is 0 Å². The standard InChI is InChI=1S/C9H16N4O2S.ClH/c1-13-6-8(5-11-13)16(14,15)12-9(4-10)7-2-3-7;/h5-7,9,12H,2-4,10H2,1H3;1H. The van der Waals surface area contributed by atoms with Crippen LogP contribution in [0.5, 0.6) is 0 Å². The van der Waals surface area contributed by atoms with E-state index in [1.165, 1.54) is 17.1 Å². The predicted molar refractivity (Wildman–Crippen MR) is 66.3 cm³/mol. The molecule has 0 bridgehead atoms. The van der Waals surface area contributed by atoms with Crippen LogP contribution in [-0.4, -0.2) is 30.8 Å². The molecule has 2 rings (SSSR count). The van der Waals surface area contributed by atoms with E-state index >= 15 is 0 Å². The van der Waals surface area contributed by atoms with Crippen LogP contribution in [0.25, 0.3) is 0 Å². The van der Waals surface area contributed by atoms with Crippen LogP contribution in [0.15, 0.2) is 17.3 Å². The average molecular weight is 281 g/mol. The molecule has 98 valence electrons. The topological polar surface area (TPSA) is 90.0 Å². The van der Waals surface area contributed by atoms with Crippen molar-refractivity contribution >= 4 is 22.4 Å². The Balaban J connectivity index is 0.00000144. The molecule has 6 nitrogen and oxygen atoms in total. The minimum Gasteiger partial charge on any atom is -0.329 e. The van der Waals surface area contributed by atoms with Gasteiger partial charge in [0.2, 0.25) is 10.0 Å². The number of halogens is 1. The molecule has 0 saturated heterocycles. The number of rotatable bonds is 5. The fourth-order valence-electron chi connectivity index (χ4n) is 1.64. The Morgan fingerprint density at radius 2 is 2.29 bits per heavy atom. The first-order valence-electron chi connectivity index (χ1n) is 5.24. The van der Waals surface area contributed by atoms with Crippen molar-refractivity contribution in [3.63, 3.8) is 0 Å². The van der Waals surface area contributed by atoms with Gasteiger partial charge in [-0.25, -0.2) is 13.1 Å². The maximum absolute atomic E-state index is 11.9. The zero-order valence-corrected chi connectivity index (χ0v) is 11.2. The summed E-state index contributed by atoms with van der Waals surface area (Å²) in [5.74, 6) is 0.399. The van der Waals surface area contributed by atoms with Crippen LogP contribution >= 0.6 is 12.4 Å². The molecule has 0 aromatic carbocycles. The van der Waals surface area contributed by atoms with Crippen molar-refractivity contribution in [3.8, 4) is 0 Å². The second kappa shape index (κ2) is 5.34. The fourth-order valence-corrected chi connectivity index (χ4v) is 2.94. The highest BCUT2D eigenvalue weighted by atomic mass is 35.5. The number of nitrogens with two attached hydrogens (primary N) is 1. The number of hydrogen-bond acceptors (Lipinski definition) is 4. The number of nitrogens with one attached hydrogen (secondary N) is 1. The smallest absolute Gasteiger partial charge is 0.243 e. The van der Waals surface area contributed by atoms with Crippen LogP contribution in [0.3, 0.4) is 0 Å². The lowest BCUT2D eigenvalue weighted by atomic mass is 10.2. The fraction of sp³-hybridized carbons (Fsp3) is 0.667. The van der Waals surface area contributed by atoms with E-state index in [4.69, 9.17) is 5.73 Å². The van der Waals surface area contributed by atoms with Crippen LogP contribution < -0.4 is 10.5 Å². The molecular weight excluding hydrogens is 264 g/mol. The highest BCUT2D eigenvalue weighted by Crippen LogP contribution is 2.32. The summed E-state index contributed by atoms with van der Waals surface area (Å²) in [5, 5.41) is 3.84. The summed E-state index contributed by atoms with van der Waals surface area (Å²) in [7, 11) is -1.79. The van der Waals surface area contributed by atoms with Gasteiger partial charge in [-0.15, -0.1) is 12.4 Å². The van der Waals surface area contributed by atoms with Crippen LogP contribution in [0.4, 0.5) is 0 Å². The predicted octanol–water partition coefficient (Wildman–Crippen LogP) is -0.142. The lowest BCUT2D eigenvalue weighted by Crippen LogP contribution is -2.41. The highest BCUT2D eigenvalue weighted by Gasteiger charge is 2.33. The largest absolute Gasteiger partial charge is 0.329 e. The van der Waals surface area contributed by atoms with Crippen molar-refractivity contribution < 1.29 is 8.42 Å². The second-order valence-corrected chi connectivity index (χ2v) is 5.86. The summed E-state index contributed by atoms with van der Waals surface area (Å²) in [4.78, 5) is 0.189. The molecule has 3 N–H and O–H groups in total. The molecule has 1 aliphatic rings. The molecule has 1 atom stereocenters. The van der Waals surface area contributed by atoms with Gasteiger partial charge in [0, 0.05) is 25.8 Å². The van der Waals surface area contributed by atoms with E-state index in [-0.39, 0.29) is 23.3 Å². The van der Waals surface area contributed by atoms with Crippen molar-refractivity contribution in [2.45, 2.75) is 23.8 Å². The highest BCUT2D eigenvalue weighted by molar-refractivity contribution is 7.89. The third-order valence-electron chi connectivity index (χ3n) is 2.74. The first-order valence-corrected chi connectivity index (χ1v) is 6.72. The Morgan fingerprint density at radius 1 is 1.65 bits per heavy atom.